The molecular weight excluding hydrogens is 318 g/mol. The second kappa shape index (κ2) is 5.85. The lowest BCUT2D eigenvalue weighted by atomic mass is 10.1. The topological polar surface area (TPSA) is 63.7 Å². The van der Waals surface area contributed by atoms with E-state index in [4.69, 9.17) is 16.4 Å². The van der Waals surface area contributed by atoms with Crippen molar-refractivity contribution in [2.45, 2.75) is 13.3 Å². The molecule has 2 amide bonds. The first-order valence-corrected chi connectivity index (χ1v) is 7.39. The summed E-state index contributed by atoms with van der Waals surface area (Å²) in [6.45, 7) is 1.94. The molecule has 0 fully saturated rings. The van der Waals surface area contributed by atoms with Crippen molar-refractivity contribution in [1.29, 1.82) is 0 Å². The van der Waals surface area contributed by atoms with Crippen molar-refractivity contribution in [2.75, 3.05) is 0 Å². The molecule has 116 valence electrons. The number of halogens is 1. The van der Waals surface area contributed by atoms with Gasteiger partial charge in [0, 0.05) is 5.02 Å². The number of imide groups is 1. The molecule has 3 rings (SSSR count). The third kappa shape index (κ3) is 2.59. The Balaban J connectivity index is 1.83. The van der Waals surface area contributed by atoms with E-state index in [-0.39, 0.29) is 16.7 Å². The smallest absolute Gasteiger partial charge is 0.324 e. The van der Waals surface area contributed by atoms with Gasteiger partial charge in [0.25, 0.3) is 11.8 Å². The summed E-state index contributed by atoms with van der Waals surface area (Å²) in [7, 11) is 0. The average Bonchev–Trinajstić information content (AvgIpc) is 2.80. The molecule has 6 heteroatoms. The van der Waals surface area contributed by atoms with E-state index in [9.17, 15) is 14.4 Å². The normalized spacial score (nSPS) is 13.2. The zero-order valence-corrected chi connectivity index (χ0v) is 13.0. The van der Waals surface area contributed by atoms with Crippen LogP contribution >= 0.6 is 11.6 Å². The number of carbonyl (C=O) groups excluding carboxylic acids is 3. The second-order valence-electron chi connectivity index (χ2n) is 4.99. The Hall–Kier alpha value is -2.66. The monoisotopic (exact) mass is 329 g/mol. The van der Waals surface area contributed by atoms with Crippen LogP contribution in [0.15, 0.2) is 42.5 Å². The maximum absolute atomic E-state index is 12.2. The van der Waals surface area contributed by atoms with Gasteiger partial charge >= 0.3 is 5.97 Å². The highest BCUT2D eigenvalue weighted by Crippen LogP contribution is 2.24. The number of hydroxylamine groups is 2. The molecular formula is C17H12ClNO4. The minimum Gasteiger partial charge on any atom is -0.324 e. The third-order valence-electron chi connectivity index (χ3n) is 3.60. The van der Waals surface area contributed by atoms with E-state index in [1.54, 1.807) is 24.3 Å². The van der Waals surface area contributed by atoms with Gasteiger partial charge in [0.05, 0.1) is 16.7 Å². The third-order valence-corrected chi connectivity index (χ3v) is 3.95. The Labute approximate surface area is 137 Å². The molecule has 1 aliphatic rings. The molecule has 0 N–H and O–H groups in total. The fourth-order valence-corrected chi connectivity index (χ4v) is 2.66. The molecule has 0 unspecified atom stereocenters. The van der Waals surface area contributed by atoms with E-state index in [0.29, 0.717) is 10.1 Å². The number of fused-ring (bicyclic) bond motifs is 1. The van der Waals surface area contributed by atoms with Gasteiger partial charge in [-0.05, 0) is 36.2 Å². The van der Waals surface area contributed by atoms with Crippen molar-refractivity contribution < 1.29 is 19.2 Å². The Morgan fingerprint density at radius 2 is 1.70 bits per heavy atom. The highest BCUT2D eigenvalue weighted by atomic mass is 35.5. The van der Waals surface area contributed by atoms with Crippen LogP contribution in [0, 0.1) is 0 Å². The van der Waals surface area contributed by atoms with Crippen LogP contribution in [-0.4, -0.2) is 22.8 Å². The number of carbonyl (C=O) groups is 3. The molecule has 0 bridgehead atoms. The van der Waals surface area contributed by atoms with E-state index in [1.807, 2.05) is 6.92 Å². The lowest BCUT2D eigenvalue weighted by molar-refractivity contribution is -0.0584. The van der Waals surface area contributed by atoms with E-state index in [0.717, 1.165) is 12.0 Å². The zero-order chi connectivity index (χ0) is 16.6. The van der Waals surface area contributed by atoms with Crippen LogP contribution in [0.5, 0.6) is 0 Å². The van der Waals surface area contributed by atoms with Gasteiger partial charge in [0.1, 0.15) is 0 Å². The summed E-state index contributed by atoms with van der Waals surface area (Å²) in [6, 6.07) is 11.0. The first kappa shape index (κ1) is 15.2. The maximum atomic E-state index is 12.2. The molecule has 1 aliphatic heterocycles. The van der Waals surface area contributed by atoms with Gasteiger partial charge in [-0.3, -0.25) is 9.59 Å². The van der Waals surface area contributed by atoms with Crippen LogP contribution < -0.4 is 0 Å². The number of benzene rings is 2. The van der Waals surface area contributed by atoms with Crippen LogP contribution in [0.25, 0.3) is 0 Å². The SMILES string of the molecule is CCc1ccc(C(=O)ON2C(=O)c3ccccc3C2=O)cc1Cl. The predicted octanol–water partition coefficient (Wildman–Crippen LogP) is 3.27. The molecule has 2 aromatic carbocycles. The summed E-state index contributed by atoms with van der Waals surface area (Å²) < 4.78 is 0. The van der Waals surface area contributed by atoms with Crippen molar-refractivity contribution in [2.24, 2.45) is 0 Å². The van der Waals surface area contributed by atoms with Gasteiger partial charge < -0.3 is 4.84 Å². The highest BCUT2D eigenvalue weighted by molar-refractivity contribution is 6.31. The van der Waals surface area contributed by atoms with Gasteiger partial charge in [-0.1, -0.05) is 41.8 Å². The number of aryl methyl sites for hydroxylation is 1. The first-order valence-electron chi connectivity index (χ1n) is 7.01. The Morgan fingerprint density at radius 1 is 1.09 bits per heavy atom. The molecule has 0 saturated carbocycles. The molecule has 0 atom stereocenters. The summed E-state index contributed by atoms with van der Waals surface area (Å²) in [5.41, 5.74) is 1.49. The lowest BCUT2D eigenvalue weighted by Crippen LogP contribution is -2.32. The fraction of sp³-hybridized carbons (Fsp3) is 0.118. The Morgan fingerprint density at radius 3 is 2.22 bits per heavy atom. The van der Waals surface area contributed by atoms with E-state index in [1.165, 1.54) is 18.2 Å². The molecule has 0 radical (unpaired) electrons. The number of rotatable bonds is 3. The molecule has 0 aliphatic carbocycles. The minimum atomic E-state index is -0.816. The van der Waals surface area contributed by atoms with Gasteiger partial charge in [0.2, 0.25) is 0 Å². The van der Waals surface area contributed by atoms with Crippen molar-refractivity contribution in [1.82, 2.24) is 5.06 Å². The summed E-state index contributed by atoms with van der Waals surface area (Å²) in [6.07, 6.45) is 0.729. The van der Waals surface area contributed by atoms with E-state index in [2.05, 4.69) is 0 Å². The molecule has 0 spiro atoms. The van der Waals surface area contributed by atoms with Gasteiger partial charge in [0.15, 0.2) is 0 Å². The minimum absolute atomic E-state index is 0.170. The van der Waals surface area contributed by atoms with Gasteiger partial charge in [-0.15, -0.1) is 0 Å². The predicted molar refractivity (Wildman–Crippen MR) is 83.2 cm³/mol. The Kier molecular flexibility index (Phi) is 3.88. The zero-order valence-electron chi connectivity index (χ0n) is 12.2. The molecule has 23 heavy (non-hydrogen) atoms. The number of amides is 2. The molecule has 2 aromatic rings. The quantitative estimate of drug-likeness (QED) is 0.811. The molecule has 1 heterocycles. The molecule has 0 aromatic heterocycles. The van der Waals surface area contributed by atoms with E-state index >= 15 is 0 Å². The van der Waals surface area contributed by atoms with Crippen LogP contribution in [0.1, 0.15) is 43.6 Å². The summed E-state index contributed by atoms with van der Waals surface area (Å²) in [4.78, 5) is 41.4. The average molecular weight is 330 g/mol. The summed E-state index contributed by atoms with van der Waals surface area (Å²) in [5.74, 6) is -2.13. The van der Waals surface area contributed by atoms with Crippen molar-refractivity contribution >= 4 is 29.4 Å². The van der Waals surface area contributed by atoms with E-state index < -0.39 is 17.8 Å². The van der Waals surface area contributed by atoms with Gasteiger partial charge in [-0.25, -0.2) is 4.79 Å². The molecule has 0 saturated heterocycles. The van der Waals surface area contributed by atoms with Crippen molar-refractivity contribution in [3.05, 3.63) is 69.7 Å². The fourth-order valence-electron chi connectivity index (χ4n) is 2.35. The lowest BCUT2D eigenvalue weighted by Gasteiger charge is -2.13. The Bertz CT molecular complexity index is 796. The van der Waals surface area contributed by atoms with Crippen molar-refractivity contribution in [3.8, 4) is 0 Å². The van der Waals surface area contributed by atoms with Crippen LogP contribution in [0.2, 0.25) is 5.02 Å². The standard InChI is InChI=1S/C17H12ClNO4/c1-2-10-7-8-11(9-14(10)18)17(22)23-19-15(20)12-5-3-4-6-13(12)16(19)21/h3-9H,2H2,1H3. The number of nitrogens with zero attached hydrogens (tertiary/aromatic N) is 1. The summed E-state index contributed by atoms with van der Waals surface area (Å²) in [5, 5.41) is 0.915. The van der Waals surface area contributed by atoms with Crippen LogP contribution in [-0.2, 0) is 11.3 Å². The highest BCUT2D eigenvalue weighted by Gasteiger charge is 2.38. The number of hydrogen-bond acceptors (Lipinski definition) is 4. The van der Waals surface area contributed by atoms with Crippen LogP contribution in [0.4, 0.5) is 0 Å². The maximum Gasteiger partial charge on any atom is 0.364 e. The number of hydrogen-bond donors (Lipinski definition) is 0. The molecule has 5 nitrogen and oxygen atoms in total. The van der Waals surface area contributed by atoms with Crippen LogP contribution in [0.3, 0.4) is 0 Å². The second-order valence-corrected chi connectivity index (χ2v) is 5.40. The van der Waals surface area contributed by atoms with Gasteiger partial charge in [-0.2, -0.15) is 0 Å². The first-order chi connectivity index (χ1) is 11.0. The van der Waals surface area contributed by atoms with Crippen molar-refractivity contribution in [3.63, 3.8) is 0 Å². The largest absolute Gasteiger partial charge is 0.364 e. The summed E-state index contributed by atoms with van der Waals surface area (Å²) >= 11 is 6.07.